The molecule has 134 valence electrons. The van der Waals surface area contributed by atoms with Crippen LogP contribution in [-0.2, 0) is 5.41 Å². The number of hydrogen-bond acceptors (Lipinski definition) is 3. The van der Waals surface area contributed by atoms with Crippen molar-refractivity contribution in [3.05, 3.63) is 29.8 Å². The number of benzene rings is 1. The molecule has 2 fully saturated rings. The van der Waals surface area contributed by atoms with Gasteiger partial charge in [-0.15, -0.1) is 24.0 Å². The Morgan fingerprint density at radius 2 is 2.12 bits per heavy atom. The molecule has 1 aliphatic carbocycles. The molecule has 24 heavy (non-hydrogen) atoms. The van der Waals surface area contributed by atoms with E-state index in [2.05, 4.69) is 45.6 Å². The minimum Gasteiger partial charge on any atom is -0.496 e. The number of ether oxygens (including phenoxy) is 1. The molecule has 1 unspecified atom stereocenters. The van der Waals surface area contributed by atoms with Crippen LogP contribution in [0.2, 0.25) is 0 Å². The molecule has 0 amide bonds. The fourth-order valence-electron chi connectivity index (χ4n) is 3.26. The second kappa shape index (κ2) is 9.17. The van der Waals surface area contributed by atoms with Crippen LogP contribution in [0, 0.1) is 0 Å². The van der Waals surface area contributed by atoms with Gasteiger partial charge in [0.15, 0.2) is 5.96 Å². The van der Waals surface area contributed by atoms with E-state index in [1.165, 1.54) is 37.0 Å². The average molecular weight is 461 g/mol. The van der Waals surface area contributed by atoms with Crippen LogP contribution in [0.15, 0.2) is 29.3 Å². The lowest BCUT2D eigenvalue weighted by Crippen LogP contribution is -2.43. The van der Waals surface area contributed by atoms with E-state index in [1.54, 1.807) is 7.11 Å². The van der Waals surface area contributed by atoms with Gasteiger partial charge in [-0.05, 0) is 37.5 Å². The third-order valence-corrected chi connectivity index (χ3v) is 6.27. The number of rotatable bonds is 6. The van der Waals surface area contributed by atoms with Gasteiger partial charge in [0.25, 0.3) is 0 Å². The Hall–Kier alpha value is -0.630. The zero-order valence-electron chi connectivity index (χ0n) is 14.5. The van der Waals surface area contributed by atoms with E-state index < -0.39 is 0 Å². The van der Waals surface area contributed by atoms with Crippen molar-refractivity contribution in [3.8, 4) is 5.75 Å². The highest BCUT2D eigenvalue weighted by Gasteiger charge is 2.46. The van der Waals surface area contributed by atoms with Crippen molar-refractivity contribution in [3.63, 3.8) is 0 Å². The summed E-state index contributed by atoms with van der Waals surface area (Å²) in [6.45, 7) is 1.91. The standard InChI is InChI=1S/C18H27N3OS.HI/c1-19-17(20-12-14-6-5-11-23-14)21-13-18(9-10-18)15-7-3-4-8-16(15)22-2;/h3-4,7-8,14H,5-6,9-13H2,1-2H3,(H2,19,20,21);1H. The number of guanidine groups is 1. The molecular formula is C18H28IN3OS. The molecule has 0 bridgehead atoms. The molecule has 1 aromatic carbocycles. The molecule has 2 N–H and O–H groups in total. The largest absolute Gasteiger partial charge is 0.496 e. The van der Waals surface area contributed by atoms with E-state index in [0.717, 1.165) is 30.0 Å². The normalized spacial score (nSPS) is 21.8. The summed E-state index contributed by atoms with van der Waals surface area (Å²) >= 11 is 2.07. The van der Waals surface area contributed by atoms with Crippen molar-refractivity contribution in [1.82, 2.24) is 10.6 Å². The third kappa shape index (κ3) is 4.71. The van der Waals surface area contributed by atoms with Crippen molar-refractivity contribution in [2.45, 2.75) is 36.3 Å². The van der Waals surface area contributed by atoms with Gasteiger partial charge < -0.3 is 15.4 Å². The maximum atomic E-state index is 5.54. The Balaban J connectivity index is 0.00000208. The van der Waals surface area contributed by atoms with E-state index in [1.807, 2.05) is 13.1 Å². The van der Waals surface area contributed by atoms with Gasteiger partial charge in [0.2, 0.25) is 0 Å². The lowest BCUT2D eigenvalue weighted by molar-refractivity contribution is 0.403. The maximum absolute atomic E-state index is 5.54. The summed E-state index contributed by atoms with van der Waals surface area (Å²) in [6.07, 6.45) is 5.07. The van der Waals surface area contributed by atoms with Gasteiger partial charge in [-0.2, -0.15) is 11.8 Å². The highest BCUT2D eigenvalue weighted by molar-refractivity contribution is 14.0. The van der Waals surface area contributed by atoms with Crippen LogP contribution in [0.4, 0.5) is 0 Å². The molecule has 3 rings (SSSR count). The molecule has 2 aliphatic rings. The number of methoxy groups -OCH3 is 1. The summed E-state index contributed by atoms with van der Waals surface area (Å²) < 4.78 is 5.54. The number of nitrogens with one attached hydrogen (secondary N) is 2. The Morgan fingerprint density at radius 1 is 1.33 bits per heavy atom. The minimum atomic E-state index is 0. The fourth-order valence-corrected chi connectivity index (χ4v) is 4.47. The van der Waals surface area contributed by atoms with E-state index in [4.69, 9.17) is 4.74 Å². The highest BCUT2D eigenvalue weighted by atomic mass is 127. The average Bonchev–Trinajstić information content (AvgIpc) is 3.20. The number of nitrogens with zero attached hydrogens (tertiary/aromatic N) is 1. The summed E-state index contributed by atoms with van der Waals surface area (Å²) in [6, 6.07) is 8.38. The predicted octanol–water partition coefficient (Wildman–Crippen LogP) is 3.41. The van der Waals surface area contributed by atoms with Gasteiger partial charge in [-0.3, -0.25) is 4.99 Å². The van der Waals surface area contributed by atoms with Gasteiger partial charge in [-0.25, -0.2) is 0 Å². The molecule has 0 aromatic heterocycles. The first-order valence-electron chi connectivity index (χ1n) is 8.47. The summed E-state index contributed by atoms with van der Waals surface area (Å²) in [5, 5.41) is 7.73. The Labute approximate surface area is 166 Å². The first-order chi connectivity index (χ1) is 11.3. The Bertz CT molecular complexity index is 557. The van der Waals surface area contributed by atoms with Crippen molar-refractivity contribution in [2.75, 3.05) is 33.0 Å². The highest BCUT2D eigenvalue weighted by Crippen LogP contribution is 2.50. The summed E-state index contributed by atoms with van der Waals surface area (Å²) in [5.41, 5.74) is 1.52. The third-order valence-electron chi connectivity index (χ3n) is 4.87. The Kier molecular flexibility index (Phi) is 7.53. The van der Waals surface area contributed by atoms with Crippen molar-refractivity contribution in [1.29, 1.82) is 0 Å². The maximum Gasteiger partial charge on any atom is 0.191 e. The lowest BCUT2D eigenvalue weighted by atomic mass is 9.95. The number of hydrogen-bond donors (Lipinski definition) is 2. The molecule has 0 radical (unpaired) electrons. The zero-order chi connectivity index (χ0) is 16.1. The quantitative estimate of drug-likeness (QED) is 0.387. The smallest absolute Gasteiger partial charge is 0.191 e. The molecule has 0 spiro atoms. The van der Waals surface area contributed by atoms with Crippen LogP contribution in [0.25, 0.3) is 0 Å². The van der Waals surface area contributed by atoms with Crippen LogP contribution in [0.5, 0.6) is 5.75 Å². The first kappa shape index (κ1) is 19.7. The summed E-state index contributed by atoms with van der Waals surface area (Å²) in [7, 11) is 3.60. The predicted molar refractivity (Wildman–Crippen MR) is 114 cm³/mol. The van der Waals surface area contributed by atoms with Gasteiger partial charge in [0, 0.05) is 36.4 Å². The molecule has 1 saturated heterocycles. The number of para-hydroxylation sites is 1. The van der Waals surface area contributed by atoms with E-state index in [-0.39, 0.29) is 29.4 Å². The number of halogens is 1. The molecule has 6 heteroatoms. The monoisotopic (exact) mass is 461 g/mol. The van der Waals surface area contributed by atoms with Crippen LogP contribution in [0.3, 0.4) is 0 Å². The van der Waals surface area contributed by atoms with Crippen LogP contribution in [0.1, 0.15) is 31.2 Å². The molecule has 4 nitrogen and oxygen atoms in total. The fraction of sp³-hybridized carbons (Fsp3) is 0.611. The zero-order valence-corrected chi connectivity index (χ0v) is 17.7. The molecule has 1 aliphatic heterocycles. The second-order valence-corrected chi connectivity index (χ2v) is 7.83. The first-order valence-corrected chi connectivity index (χ1v) is 9.52. The van der Waals surface area contributed by atoms with Gasteiger partial charge in [0.1, 0.15) is 5.75 Å². The van der Waals surface area contributed by atoms with Gasteiger partial charge in [0.05, 0.1) is 7.11 Å². The van der Waals surface area contributed by atoms with Crippen LogP contribution >= 0.6 is 35.7 Å². The molecule has 1 saturated carbocycles. The molecule has 1 aromatic rings. The van der Waals surface area contributed by atoms with E-state index in [0.29, 0.717) is 0 Å². The van der Waals surface area contributed by atoms with Crippen molar-refractivity contribution in [2.24, 2.45) is 4.99 Å². The van der Waals surface area contributed by atoms with Crippen molar-refractivity contribution >= 4 is 41.7 Å². The second-order valence-electron chi connectivity index (χ2n) is 6.42. The van der Waals surface area contributed by atoms with Gasteiger partial charge in [-0.1, -0.05) is 18.2 Å². The van der Waals surface area contributed by atoms with E-state index in [9.17, 15) is 0 Å². The Morgan fingerprint density at radius 3 is 2.75 bits per heavy atom. The lowest BCUT2D eigenvalue weighted by Gasteiger charge is -2.21. The topological polar surface area (TPSA) is 45.7 Å². The SMILES string of the molecule is CN=C(NCC1CCCS1)NCC1(c2ccccc2OC)CC1.I. The molecule has 1 heterocycles. The van der Waals surface area contributed by atoms with Crippen LogP contribution in [-0.4, -0.2) is 44.2 Å². The number of aliphatic imine (C=N–C) groups is 1. The van der Waals surface area contributed by atoms with E-state index >= 15 is 0 Å². The van der Waals surface area contributed by atoms with Gasteiger partial charge >= 0.3 is 0 Å². The molecular weight excluding hydrogens is 433 g/mol. The minimum absolute atomic E-state index is 0. The van der Waals surface area contributed by atoms with Crippen LogP contribution < -0.4 is 15.4 Å². The summed E-state index contributed by atoms with van der Waals surface area (Å²) in [5.74, 6) is 3.21. The molecule has 1 atom stereocenters. The summed E-state index contributed by atoms with van der Waals surface area (Å²) in [4.78, 5) is 4.37. The van der Waals surface area contributed by atoms with Crippen molar-refractivity contribution < 1.29 is 4.74 Å². The number of thioether (sulfide) groups is 1.